The molecule has 1 heterocycles. The van der Waals surface area contributed by atoms with E-state index < -0.39 is 5.54 Å². The van der Waals surface area contributed by atoms with E-state index >= 15 is 0 Å². The average Bonchev–Trinajstić information content (AvgIpc) is 2.49. The molecule has 0 aliphatic carbocycles. The van der Waals surface area contributed by atoms with Crippen molar-refractivity contribution in [2.24, 2.45) is 5.73 Å². The molecule has 0 spiro atoms. The van der Waals surface area contributed by atoms with Crippen LogP contribution < -0.4 is 11.1 Å². The van der Waals surface area contributed by atoms with Crippen molar-refractivity contribution in [3.8, 4) is 0 Å². The van der Waals surface area contributed by atoms with Gasteiger partial charge in [-0.25, -0.2) is 0 Å². The normalized spacial score (nSPS) is 17.7. The van der Waals surface area contributed by atoms with Crippen LogP contribution in [0.5, 0.6) is 0 Å². The molecule has 1 amide bonds. The number of aliphatic hydroxyl groups is 1. The summed E-state index contributed by atoms with van der Waals surface area (Å²) in [7, 11) is 0. The number of nitrogens with one attached hydrogen (secondary N) is 1. The predicted octanol–water partition coefficient (Wildman–Crippen LogP) is 0.459. The van der Waals surface area contributed by atoms with Crippen LogP contribution in [0.25, 0.3) is 0 Å². The van der Waals surface area contributed by atoms with Crippen LogP contribution in [0, 0.1) is 0 Å². The Morgan fingerprint density at radius 2 is 2.05 bits per heavy atom. The molecule has 20 heavy (non-hydrogen) atoms. The van der Waals surface area contributed by atoms with Gasteiger partial charge < -0.3 is 20.9 Å². The number of hydrogen-bond acceptors (Lipinski definition) is 4. The van der Waals surface area contributed by atoms with E-state index in [0.29, 0.717) is 44.6 Å². The Morgan fingerprint density at radius 3 is 2.70 bits per heavy atom. The van der Waals surface area contributed by atoms with Crippen molar-refractivity contribution in [2.75, 3.05) is 26.4 Å². The first-order chi connectivity index (χ1) is 9.71. The number of benzene rings is 1. The van der Waals surface area contributed by atoms with E-state index in [0.717, 1.165) is 5.56 Å². The predicted molar refractivity (Wildman–Crippen MR) is 76.5 cm³/mol. The summed E-state index contributed by atoms with van der Waals surface area (Å²) in [6.45, 7) is 1.56. The van der Waals surface area contributed by atoms with Crippen molar-refractivity contribution in [1.29, 1.82) is 0 Å². The van der Waals surface area contributed by atoms with Crippen LogP contribution in [0.2, 0.25) is 0 Å². The molecule has 1 aromatic rings. The van der Waals surface area contributed by atoms with Crippen LogP contribution in [0.3, 0.4) is 0 Å². The standard InChI is InChI=1S/C15H22N2O3/c16-8-5-12-3-1-2-4-13(12)14(19)17-15(11-18)6-9-20-10-7-15/h1-4,18H,5-11,16H2,(H,17,19). The summed E-state index contributed by atoms with van der Waals surface area (Å²) in [5.41, 5.74) is 6.59. The van der Waals surface area contributed by atoms with Gasteiger partial charge in [0, 0.05) is 18.8 Å². The van der Waals surface area contributed by atoms with Crippen LogP contribution in [0.4, 0.5) is 0 Å². The van der Waals surface area contributed by atoms with Gasteiger partial charge in [0.05, 0.1) is 12.1 Å². The number of ether oxygens (including phenoxy) is 1. The first kappa shape index (κ1) is 15.0. The largest absolute Gasteiger partial charge is 0.394 e. The Hall–Kier alpha value is -1.43. The quantitative estimate of drug-likeness (QED) is 0.730. The average molecular weight is 278 g/mol. The second kappa shape index (κ2) is 6.83. The molecule has 5 heteroatoms. The van der Waals surface area contributed by atoms with Crippen molar-refractivity contribution in [3.63, 3.8) is 0 Å². The summed E-state index contributed by atoms with van der Waals surface area (Å²) in [6.07, 6.45) is 1.93. The zero-order valence-corrected chi connectivity index (χ0v) is 11.6. The number of aliphatic hydroxyl groups excluding tert-OH is 1. The number of rotatable bonds is 5. The third kappa shape index (κ3) is 3.36. The second-order valence-corrected chi connectivity index (χ2v) is 5.20. The second-order valence-electron chi connectivity index (χ2n) is 5.20. The fourth-order valence-corrected chi connectivity index (χ4v) is 2.51. The molecule has 0 aromatic heterocycles. The van der Waals surface area contributed by atoms with Gasteiger partial charge in [-0.15, -0.1) is 0 Å². The van der Waals surface area contributed by atoms with Crippen LogP contribution in [-0.4, -0.2) is 42.9 Å². The molecule has 1 aliphatic rings. The highest BCUT2D eigenvalue weighted by molar-refractivity contribution is 5.96. The topological polar surface area (TPSA) is 84.6 Å². The van der Waals surface area contributed by atoms with Crippen molar-refractivity contribution in [3.05, 3.63) is 35.4 Å². The summed E-state index contributed by atoms with van der Waals surface area (Å²) in [5.74, 6) is -0.148. The fraction of sp³-hybridized carbons (Fsp3) is 0.533. The van der Waals surface area contributed by atoms with Gasteiger partial charge in [0.15, 0.2) is 0 Å². The highest BCUT2D eigenvalue weighted by atomic mass is 16.5. The van der Waals surface area contributed by atoms with Gasteiger partial charge in [0.25, 0.3) is 5.91 Å². The summed E-state index contributed by atoms with van der Waals surface area (Å²) in [4.78, 5) is 12.5. The summed E-state index contributed by atoms with van der Waals surface area (Å²) in [5, 5.41) is 12.6. The monoisotopic (exact) mass is 278 g/mol. The Balaban J connectivity index is 2.14. The molecule has 5 nitrogen and oxygen atoms in total. The van der Waals surface area contributed by atoms with Gasteiger partial charge in [-0.3, -0.25) is 4.79 Å². The van der Waals surface area contributed by atoms with E-state index in [9.17, 15) is 9.90 Å². The zero-order chi connectivity index (χ0) is 14.4. The van der Waals surface area contributed by atoms with Crippen molar-refractivity contribution in [1.82, 2.24) is 5.32 Å². The van der Waals surface area contributed by atoms with Crippen molar-refractivity contribution >= 4 is 5.91 Å². The third-order valence-corrected chi connectivity index (χ3v) is 3.81. The maximum Gasteiger partial charge on any atom is 0.252 e. The Bertz CT molecular complexity index is 456. The smallest absolute Gasteiger partial charge is 0.252 e. The maximum atomic E-state index is 12.5. The lowest BCUT2D eigenvalue weighted by atomic mass is 9.90. The van der Waals surface area contributed by atoms with Crippen LogP contribution in [-0.2, 0) is 11.2 Å². The number of hydrogen-bond donors (Lipinski definition) is 3. The molecule has 1 aromatic carbocycles. The Labute approximate surface area is 119 Å². The van der Waals surface area contributed by atoms with E-state index in [2.05, 4.69) is 5.32 Å². The molecule has 0 radical (unpaired) electrons. The lowest BCUT2D eigenvalue weighted by Crippen LogP contribution is -2.54. The fourth-order valence-electron chi connectivity index (χ4n) is 2.51. The van der Waals surface area contributed by atoms with E-state index in [-0.39, 0.29) is 12.5 Å². The molecular weight excluding hydrogens is 256 g/mol. The summed E-state index contributed by atoms with van der Waals surface area (Å²) >= 11 is 0. The zero-order valence-electron chi connectivity index (χ0n) is 11.6. The molecule has 1 fully saturated rings. The van der Waals surface area contributed by atoms with Gasteiger partial charge in [0.1, 0.15) is 0 Å². The van der Waals surface area contributed by atoms with E-state index in [1.807, 2.05) is 18.2 Å². The molecule has 110 valence electrons. The van der Waals surface area contributed by atoms with Gasteiger partial charge in [0.2, 0.25) is 0 Å². The van der Waals surface area contributed by atoms with E-state index in [4.69, 9.17) is 10.5 Å². The number of nitrogens with two attached hydrogens (primary N) is 1. The number of carbonyl (C=O) groups is 1. The molecule has 0 unspecified atom stereocenters. The lowest BCUT2D eigenvalue weighted by molar-refractivity contribution is 0.0125. The molecule has 0 atom stereocenters. The van der Waals surface area contributed by atoms with Crippen LogP contribution in [0.15, 0.2) is 24.3 Å². The van der Waals surface area contributed by atoms with Crippen LogP contribution in [0.1, 0.15) is 28.8 Å². The first-order valence-corrected chi connectivity index (χ1v) is 7.00. The Kier molecular flexibility index (Phi) is 5.11. The van der Waals surface area contributed by atoms with Crippen LogP contribution >= 0.6 is 0 Å². The molecule has 0 saturated carbocycles. The minimum atomic E-state index is -0.564. The van der Waals surface area contributed by atoms with Gasteiger partial charge in [-0.1, -0.05) is 18.2 Å². The van der Waals surface area contributed by atoms with Crippen molar-refractivity contribution in [2.45, 2.75) is 24.8 Å². The minimum Gasteiger partial charge on any atom is -0.394 e. The SMILES string of the molecule is NCCc1ccccc1C(=O)NC1(CO)CCOCC1. The lowest BCUT2D eigenvalue weighted by Gasteiger charge is -2.36. The molecular formula is C15H22N2O3. The number of amides is 1. The molecule has 2 rings (SSSR count). The maximum absolute atomic E-state index is 12.5. The highest BCUT2D eigenvalue weighted by Crippen LogP contribution is 2.21. The van der Waals surface area contributed by atoms with Gasteiger partial charge in [-0.2, -0.15) is 0 Å². The molecule has 1 saturated heterocycles. The molecule has 4 N–H and O–H groups in total. The first-order valence-electron chi connectivity index (χ1n) is 7.00. The van der Waals surface area contributed by atoms with E-state index in [1.165, 1.54) is 0 Å². The third-order valence-electron chi connectivity index (χ3n) is 3.81. The highest BCUT2D eigenvalue weighted by Gasteiger charge is 2.34. The Morgan fingerprint density at radius 1 is 1.35 bits per heavy atom. The minimum absolute atomic E-state index is 0.0683. The van der Waals surface area contributed by atoms with Gasteiger partial charge in [-0.05, 0) is 37.4 Å². The van der Waals surface area contributed by atoms with Gasteiger partial charge >= 0.3 is 0 Å². The summed E-state index contributed by atoms with van der Waals surface area (Å²) in [6, 6.07) is 7.45. The summed E-state index contributed by atoms with van der Waals surface area (Å²) < 4.78 is 5.30. The number of carbonyl (C=O) groups excluding carboxylic acids is 1. The van der Waals surface area contributed by atoms with E-state index in [1.54, 1.807) is 6.07 Å². The molecule has 0 bridgehead atoms. The molecule has 1 aliphatic heterocycles. The van der Waals surface area contributed by atoms with Crippen molar-refractivity contribution < 1.29 is 14.6 Å².